The van der Waals surface area contributed by atoms with Crippen molar-refractivity contribution in [2.45, 2.75) is 49.0 Å². The van der Waals surface area contributed by atoms with Gasteiger partial charge in [-0.1, -0.05) is 338 Å². The number of halogens is 3. The predicted molar refractivity (Wildman–Crippen MR) is 377 cm³/mol. The molecule has 7 heteroatoms. The van der Waals surface area contributed by atoms with Crippen molar-refractivity contribution in [3.05, 3.63) is 409 Å². The fraction of sp³-hybridized carbons (Fsp3) is 0.119. The van der Waals surface area contributed by atoms with Gasteiger partial charge in [-0.05, 0) is 121 Å². The van der Waals surface area contributed by atoms with Crippen molar-refractivity contribution < 1.29 is 33.5 Å². The van der Waals surface area contributed by atoms with Crippen LogP contribution in [-0.2, 0) is 21.2 Å². The number of rotatable bonds is 8. The summed E-state index contributed by atoms with van der Waals surface area (Å²) in [6, 6.07) is 107. The van der Waals surface area contributed by atoms with Gasteiger partial charge in [0.25, 0.3) is 0 Å². The van der Waals surface area contributed by atoms with E-state index in [0.29, 0.717) is 5.02 Å². The van der Waals surface area contributed by atoms with Crippen LogP contribution in [0, 0.1) is 6.92 Å². The summed E-state index contributed by atoms with van der Waals surface area (Å²) < 4.78 is 6.03. The van der Waals surface area contributed by atoms with Gasteiger partial charge in [0.15, 0.2) is 5.78 Å². The quantitative estimate of drug-likeness (QED) is 0.122. The van der Waals surface area contributed by atoms with E-state index in [1.165, 1.54) is 30.4 Å². The van der Waals surface area contributed by atoms with Gasteiger partial charge >= 0.3 is 18.9 Å². The van der Waals surface area contributed by atoms with Gasteiger partial charge in [0.05, 0.1) is 10.8 Å². The van der Waals surface area contributed by atoms with E-state index in [2.05, 4.69) is 200 Å². The number of carbonyl (C=O) groups excluding carboxylic acids is 1. The first kappa shape index (κ1) is 65.8. The predicted octanol–water partition coefficient (Wildman–Crippen LogP) is 18.8. The van der Waals surface area contributed by atoms with Gasteiger partial charge in [-0.25, -0.2) is 0 Å². The van der Waals surface area contributed by atoms with Crippen molar-refractivity contribution in [2.75, 3.05) is 13.2 Å². The van der Waals surface area contributed by atoms with Crippen molar-refractivity contribution in [1.29, 1.82) is 0 Å². The number of benzene rings is 12. The van der Waals surface area contributed by atoms with Gasteiger partial charge in [-0.2, -0.15) is 6.42 Å². The van der Waals surface area contributed by atoms with Gasteiger partial charge in [0.1, 0.15) is 5.60 Å². The average Bonchev–Trinajstić information content (AvgIpc) is 0.794. The second-order valence-corrected chi connectivity index (χ2v) is 24.1. The van der Waals surface area contributed by atoms with E-state index in [4.69, 9.17) is 27.9 Å². The molecule has 1 aliphatic heterocycles. The Balaban J connectivity index is 0.000000152. The number of carbonyl (C=O) groups is 1. The maximum absolute atomic E-state index is 13.3. The molecule has 0 radical (unpaired) electrons. The van der Waals surface area contributed by atoms with Crippen molar-refractivity contribution >= 4 is 44.9 Å². The van der Waals surface area contributed by atoms with Crippen LogP contribution in [0.15, 0.2) is 320 Å². The Morgan fingerprint density at radius 1 is 0.396 bits per heavy atom. The van der Waals surface area contributed by atoms with Gasteiger partial charge in [0, 0.05) is 44.4 Å². The second kappa shape index (κ2) is 30.8. The smallest absolute Gasteiger partial charge is 0.381 e. The molecule has 12 aromatic rings. The van der Waals surface area contributed by atoms with Gasteiger partial charge in [-0.3, -0.25) is 4.79 Å². The molecule has 0 saturated carbocycles. The van der Waals surface area contributed by atoms with Crippen LogP contribution in [0.2, 0.25) is 10.0 Å². The van der Waals surface area contributed by atoms with Crippen LogP contribution < -0.4 is 18.9 Å². The van der Waals surface area contributed by atoms with Crippen molar-refractivity contribution in [2.24, 2.45) is 0 Å². The molecule has 0 spiro atoms. The zero-order chi connectivity index (χ0) is 62.3. The summed E-state index contributed by atoms with van der Waals surface area (Å²) in [5, 5.41) is 14.7. The molecule has 2 aliphatic carbocycles. The number of hydrogen-bond donors (Lipinski definition) is 1. The first-order valence-corrected chi connectivity index (χ1v) is 32.3. The Kier molecular flexibility index (Phi) is 22.3. The van der Waals surface area contributed by atoms with Crippen molar-refractivity contribution in [3.8, 4) is 22.3 Å². The van der Waals surface area contributed by atoms with Crippen LogP contribution >= 0.6 is 39.1 Å². The van der Waals surface area contributed by atoms with E-state index >= 15 is 0 Å². The third-order valence-corrected chi connectivity index (χ3v) is 18.2. The van der Waals surface area contributed by atoms with Crippen LogP contribution in [-0.4, -0.2) is 24.1 Å². The number of unbranched alkanes of at least 4 members (excludes halogenated alkanes) is 1. The maximum Gasteiger partial charge on any atom is 1.00 e. The first-order chi connectivity index (χ1) is 44.2. The van der Waals surface area contributed by atoms with E-state index < -0.39 is 16.4 Å². The summed E-state index contributed by atoms with van der Waals surface area (Å²) >= 11 is 15.9. The van der Waals surface area contributed by atoms with Gasteiger partial charge in [0.2, 0.25) is 0 Å². The van der Waals surface area contributed by atoms with E-state index in [1.807, 2.05) is 146 Å². The van der Waals surface area contributed by atoms with E-state index in [9.17, 15) is 9.90 Å². The minimum Gasteiger partial charge on any atom is -0.381 e. The molecule has 0 aromatic heterocycles. The van der Waals surface area contributed by atoms with Crippen LogP contribution in [0.3, 0.4) is 0 Å². The second-order valence-electron chi connectivity index (χ2n) is 22.4. The third kappa shape index (κ3) is 13.3. The number of ether oxygens (including phenoxy) is 1. The molecule has 0 bridgehead atoms. The minimum atomic E-state index is -1.40. The monoisotopic (exact) mass is 1280 g/mol. The van der Waals surface area contributed by atoms with Crippen molar-refractivity contribution in [3.63, 3.8) is 0 Å². The summed E-state index contributed by atoms with van der Waals surface area (Å²) in [5.74, 6) is 0.101. The molecule has 446 valence electrons. The Bertz CT molecular complexity index is 4150. The molecule has 1 N–H and O–H groups in total. The van der Waals surface area contributed by atoms with E-state index in [-0.39, 0.29) is 24.6 Å². The SMILES string of the molecule is C1CCOC1.Clc1cccc(-c2ccccc2Br)c1.O=C1c2ccccc2C(c2ccccc2)(c2ccccc2)c2ccccc21.OC1(c2ccccc2-c2cccc(Cl)c2)c2ccccc2C(c2ccccc2)(c2ccccc2)c2ccccc21.[CH2-]CCC.[Li+]. The molecule has 0 unspecified atom stereocenters. The number of fused-ring (bicyclic) bond motifs is 4. The Morgan fingerprint density at radius 3 is 1.07 bits per heavy atom. The summed E-state index contributed by atoms with van der Waals surface area (Å²) in [5.41, 5.74) is 14.7. The summed E-state index contributed by atoms with van der Waals surface area (Å²) in [6.07, 6.45) is 4.83. The zero-order valence-corrected chi connectivity index (χ0v) is 54.5. The fourth-order valence-corrected chi connectivity index (χ4v) is 13.9. The number of aliphatic hydroxyl groups is 1. The standard InChI is InChI=1S/C38H27ClO.C26H18O.C12H8BrCl.C4H8O.C4H9.Li/c39-30-19-13-14-27(26-30)31-20-7-8-21-32(31)38(40)35-24-11-9-22-33(35)37(28-15-3-1-4-16-28,29-17-5-2-6-18-29)34-23-10-12-25-36(34)38;27-25-21-15-7-9-17-23(21)26(19-11-3-1-4-12-19,20-13-5-2-6-14-20)24-18-10-8-16-22(24)25;13-12-7-2-1-6-11(12)9-4-3-5-10(14)8-9;1-2-4-5-3-1;1-3-4-2;/h1-26,40H;1-18H;1-8H;1-4H2;1,3-4H2,2H3;/q;;;;-1;+1. The molecule has 1 fully saturated rings. The fourth-order valence-electron chi connectivity index (χ4n) is 13.0. The minimum absolute atomic E-state index is 0. The molecule has 91 heavy (non-hydrogen) atoms. The third-order valence-electron chi connectivity index (χ3n) is 17.1. The Morgan fingerprint density at radius 2 is 0.703 bits per heavy atom. The molecule has 3 aliphatic rings. The topological polar surface area (TPSA) is 46.5 Å². The maximum atomic E-state index is 13.3. The molecule has 15 rings (SSSR count). The Hall–Kier alpha value is -8.11. The van der Waals surface area contributed by atoms with Crippen LogP contribution in [0.25, 0.3) is 22.3 Å². The molecular formula is C84H70BrCl2LiO3. The first-order valence-electron chi connectivity index (χ1n) is 30.8. The number of ketones is 1. The number of hydrogen-bond acceptors (Lipinski definition) is 3. The average molecular weight is 1290 g/mol. The van der Waals surface area contributed by atoms with Crippen LogP contribution in [0.1, 0.15) is 110 Å². The van der Waals surface area contributed by atoms with Crippen LogP contribution in [0.5, 0.6) is 0 Å². The van der Waals surface area contributed by atoms with E-state index in [1.54, 1.807) is 0 Å². The van der Waals surface area contributed by atoms with Gasteiger partial charge in [-0.15, -0.1) is 0 Å². The summed E-state index contributed by atoms with van der Waals surface area (Å²) in [7, 11) is 0. The summed E-state index contributed by atoms with van der Waals surface area (Å²) in [4.78, 5) is 13.3. The molecular weight excluding hydrogens is 1210 g/mol. The normalized spacial score (nSPS) is 13.9. The van der Waals surface area contributed by atoms with E-state index in [0.717, 1.165) is 113 Å². The van der Waals surface area contributed by atoms with Crippen molar-refractivity contribution in [1.82, 2.24) is 0 Å². The molecule has 0 atom stereocenters. The molecule has 1 saturated heterocycles. The zero-order valence-electron chi connectivity index (χ0n) is 51.4. The van der Waals surface area contributed by atoms with Crippen LogP contribution in [0.4, 0.5) is 0 Å². The molecule has 0 amide bonds. The van der Waals surface area contributed by atoms with Gasteiger partial charge < -0.3 is 16.8 Å². The summed E-state index contributed by atoms with van der Waals surface area (Å²) in [6.45, 7) is 7.72. The Labute approximate surface area is 567 Å². The molecule has 3 nitrogen and oxygen atoms in total. The molecule has 1 heterocycles. The molecule has 12 aromatic carbocycles. The largest absolute Gasteiger partial charge is 1.00 e.